The van der Waals surface area contributed by atoms with E-state index >= 15 is 0 Å². The van der Waals surface area contributed by atoms with E-state index in [-0.39, 0.29) is 0 Å². The molecule has 1 atom stereocenters. The first-order chi connectivity index (χ1) is 16.8. The number of hydrogen-bond donors (Lipinski definition) is 0. The third-order valence-electron chi connectivity index (χ3n) is 7.90. The topological polar surface area (TPSA) is 34.0 Å². The highest BCUT2D eigenvalue weighted by Gasteiger charge is 2.29. The van der Waals surface area contributed by atoms with E-state index in [1.807, 2.05) is 12.4 Å². The fourth-order valence-corrected chi connectivity index (χ4v) is 5.98. The maximum atomic E-state index is 5.03. The molecule has 34 heavy (non-hydrogen) atoms. The molecule has 0 bridgehead atoms. The van der Waals surface area contributed by atoms with Crippen molar-refractivity contribution in [3.63, 3.8) is 0 Å². The molecule has 0 amide bonds. The highest BCUT2D eigenvalue weighted by atomic mass is 15.2. The Balaban J connectivity index is 1.42. The zero-order valence-electron chi connectivity index (χ0n) is 20.4. The second-order valence-corrected chi connectivity index (χ2v) is 10.4. The molecule has 2 aliphatic carbocycles. The van der Waals surface area contributed by atoms with Crippen LogP contribution >= 0.6 is 0 Å². The van der Waals surface area contributed by atoms with E-state index in [9.17, 15) is 0 Å². The number of unbranched alkanes of at least 4 members (excludes halogenated alkanes) is 2. The van der Waals surface area contributed by atoms with Crippen molar-refractivity contribution in [2.24, 2.45) is 5.92 Å². The predicted octanol–water partition coefficient (Wildman–Crippen LogP) is 7.06. The Morgan fingerprint density at radius 2 is 1.85 bits per heavy atom. The van der Waals surface area contributed by atoms with E-state index < -0.39 is 0 Å². The number of fused-ring (bicyclic) bond motifs is 4. The van der Waals surface area contributed by atoms with E-state index in [0.717, 1.165) is 32.0 Å². The normalized spacial score (nSPS) is 18.1. The SMILES string of the molecule is CCCCCN(Cc1nccc2c3ccccc3n(CC3CC3)c12)[C@H]1CCCc2cccnc21. The largest absolute Gasteiger partial charge is 0.339 e. The van der Waals surface area contributed by atoms with Crippen molar-refractivity contribution in [1.29, 1.82) is 0 Å². The van der Waals surface area contributed by atoms with Crippen LogP contribution in [0.25, 0.3) is 21.8 Å². The number of pyridine rings is 2. The van der Waals surface area contributed by atoms with Crippen LogP contribution in [0.5, 0.6) is 0 Å². The number of aromatic nitrogens is 3. The van der Waals surface area contributed by atoms with Gasteiger partial charge in [0.15, 0.2) is 0 Å². The summed E-state index contributed by atoms with van der Waals surface area (Å²) in [5.41, 5.74) is 6.69. The molecule has 0 spiro atoms. The number of nitrogens with zero attached hydrogens (tertiary/aromatic N) is 4. The molecule has 1 aromatic carbocycles. The first kappa shape index (κ1) is 21.8. The summed E-state index contributed by atoms with van der Waals surface area (Å²) in [5.74, 6) is 0.821. The number of aryl methyl sites for hydroxylation is 1. The van der Waals surface area contributed by atoms with Crippen LogP contribution in [-0.4, -0.2) is 26.0 Å². The molecular weight excluding hydrogens is 416 g/mol. The second-order valence-electron chi connectivity index (χ2n) is 10.4. The fourth-order valence-electron chi connectivity index (χ4n) is 5.98. The zero-order valence-corrected chi connectivity index (χ0v) is 20.4. The van der Waals surface area contributed by atoms with Crippen LogP contribution < -0.4 is 0 Å². The summed E-state index contributed by atoms with van der Waals surface area (Å²) in [5, 5.41) is 2.72. The predicted molar refractivity (Wildman–Crippen MR) is 140 cm³/mol. The van der Waals surface area contributed by atoms with Crippen LogP contribution in [0.3, 0.4) is 0 Å². The van der Waals surface area contributed by atoms with Crippen LogP contribution in [0, 0.1) is 5.92 Å². The lowest BCUT2D eigenvalue weighted by molar-refractivity contribution is 0.161. The van der Waals surface area contributed by atoms with Crippen molar-refractivity contribution in [2.45, 2.75) is 77.4 Å². The lowest BCUT2D eigenvalue weighted by Crippen LogP contribution is -2.33. The summed E-state index contributed by atoms with van der Waals surface area (Å²) in [6, 6.07) is 15.9. The standard InChI is InChI=1S/C30H36N4/c1-2-3-6-19-33(28-13-7-9-23-10-8-17-32-29(23)28)21-26-30-25(16-18-31-26)24-11-4-5-12-27(24)34(30)20-22-14-15-22/h4-5,8,10-12,16-18,22,28H,2-3,6-7,9,13-15,19-21H2,1H3/t28-/m0/s1. The van der Waals surface area contributed by atoms with Gasteiger partial charge in [-0.25, -0.2) is 0 Å². The van der Waals surface area contributed by atoms with Crippen LogP contribution in [0.1, 0.15) is 74.9 Å². The average Bonchev–Trinajstić information content (AvgIpc) is 3.65. The third-order valence-corrected chi connectivity index (χ3v) is 7.90. The zero-order chi connectivity index (χ0) is 22.9. The Kier molecular flexibility index (Phi) is 6.09. The van der Waals surface area contributed by atoms with Crippen LogP contribution in [0.4, 0.5) is 0 Å². The van der Waals surface area contributed by atoms with E-state index in [1.54, 1.807) is 0 Å². The molecule has 4 nitrogen and oxygen atoms in total. The smallest absolute Gasteiger partial charge is 0.0786 e. The van der Waals surface area contributed by atoms with Crippen molar-refractivity contribution < 1.29 is 0 Å². The highest BCUT2D eigenvalue weighted by Crippen LogP contribution is 2.38. The minimum atomic E-state index is 0.389. The van der Waals surface area contributed by atoms with Gasteiger partial charge in [-0.3, -0.25) is 14.9 Å². The number of hydrogen-bond acceptors (Lipinski definition) is 3. The molecule has 3 aromatic heterocycles. The summed E-state index contributed by atoms with van der Waals surface area (Å²) in [7, 11) is 0. The van der Waals surface area contributed by atoms with Crippen LogP contribution in [0.15, 0.2) is 54.9 Å². The summed E-state index contributed by atoms with van der Waals surface area (Å²) in [6.07, 6.45) is 14.1. The Morgan fingerprint density at radius 1 is 0.941 bits per heavy atom. The maximum Gasteiger partial charge on any atom is 0.0786 e. The molecular formula is C30H36N4. The molecule has 4 aromatic rings. The molecule has 1 fully saturated rings. The number of rotatable bonds is 9. The minimum Gasteiger partial charge on any atom is -0.339 e. The van der Waals surface area contributed by atoms with E-state index in [0.29, 0.717) is 6.04 Å². The Bertz CT molecular complexity index is 1290. The van der Waals surface area contributed by atoms with E-state index in [2.05, 4.69) is 58.9 Å². The molecule has 1 saturated carbocycles. The average molecular weight is 453 g/mol. The lowest BCUT2D eigenvalue weighted by Gasteiger charge is -2.35. The van der Waals surface area contributed by atoms with Gasteiger partial charge in [-0.05, 0) is 74.8 Å². The monoisotopic (exact) mass is 452 g/mol. The Morgan fingerprint density at radius 3 is 2.74 bits per heavy atom. The third kappa shape index (κ3) is 4.13. The highest BCUT2D eigenvalue weighted by molar-refractivity contribution is 6.08. The van der Waals surface area contributed by atoms with Crippen molar-refractivity contribution >= 4 is 21.8 Å². The maximum absolute atomic E-state index is 5.03. The lowest BCUT2D eigenvalue weighted by atomic mass is 9.90. The van der Waals surface area contributed by atoms with Gasteiger partial charge in [-0.1, -0.05) is 44.0 Å². The van der Waals surface area contributed by atoms with E-state index in [1.165, 1.54) is 83.7 Å². The Hall–Kier alpha value is -2.72. The van der Waals surface area contributed by atoms with Crippen LogP contribution in [0.2, 0.25) is 0 Å². The Labute approximate surface area is 203 Å². The van der Waals surface area contributed by atoms with Gasteiger partial charge in [0.1, 0.15) is 0 Å². The fraction of sp³-hybridized carbons (Fsp3) is 0.467. The van der Waals surface area contributed by atoms with Gasteiger partial charge in [0.2, 0.25) is 0 Å². The van der Waals surface area contributed by atoms with Crippen molar-refractivity contribution in [2.75, 3.05) is 6.54 Å². The summed E-state index contributed by atoms with van der Waals surface area (Å²) < 4.78 is 2.59. The molecule has 4 heteroatoms. The van der Waals surface area contributed by atoms with Crippen LogP contribution in [-0.2, 0) is 19.5 Å². The molecule has 176 valence electrons. The van der Waals surface area contributed by atoms with Gasteiger partial charge < -0.3 is 4.57 Å². The molecule has 2 aliphatic rings. The van der Waals surface area contributed by atoms with Gasteiger partial charge in [0, 0.05) is 41.8 Å². The number of benzene rings is 1. The molecule has 3 heterocycles. The molecule has 0 N–H and O–H groups in total. The molecule has 0 saturated heterocycles. The summed E-state index contributed by atoms with van der Waals surface area (Å²) in [4.78, 5) is 12.6. The summed E-state index contributed by atoms with van der Waals surface area (Å²) >= 11 is 0. The summed E-state index contributed by atoms with van der Waals surface area (Å²) in [6.45, 7) is 5.41. The molecule has 6 rings (SSSR count). The van der Waals surface area contributed by atoms with Gasteiger partial charge in [0.05, 0.1) is 22.9 Å². The van der Waals surface area contributed by atoms with Crippen molar-refractivity contribution in [3.8, 4) is 0 Å². The molecule has 0 unspecified atom stereocenters. The van der Waals surface area contributed by atoms with Crippen molar-refractivity contribution in [1.82, 2.24) is 19.4 Å². The first-order valence-corrected chi connectivity index (χ1v) is 13.4. The van der Waals surface area contributed by atoms with Gasteiger partial charge in [-0.15, -0.1) is 0 Å². The van der Waals surface area contributed by atoms with Gasteiger partial charge >= 0.3 is 0 Å². The number of para-hydroxylation sites is 1. The quantitative estimate of drug-likeness (QED) is 0.255. The van der Waals surface area contributed by atoms with Gasteiger partial charge in [-0.2, -0.15) is 0 Å². The first-order valence-electron chi connectivity index (χ1n) is 13.4. The minimum absolute atomic E-state index is 0.389. The van der Waals surface area contributed by atoms with E-state index in [4.69, 9.17) is 9.97 Å². The van der Waals surface area contributed by atoms with Crippen molar-refractivity contribution in [3.05, 3.63) is 71.8 Å². The van der Waals surface area contributed by atoms with Gasteiger partial charge in [0.25, 0.3) is 0 Å². The second kappa shape index (κ2) is 9.50. The molecule has 0 aliphatic heterocycles. The molecule has 0 radical (unpaired) electrons.